The highest BCUT2D eigenvalue weighted by atomic mass is 32.2. The predicted molar refractivity (Wildman–Crippen MR) is 65.2 cm³/mol. The summed E-state index contributed by atoms with van der Waals surface area (Å²) in [5, 5.41) is 14.1. The minimum absolute atomic E-state index is 0.00832. The molecule has 0 saturated carbocycles. The fraction of sp³-hybridized carbons (Fsp3) is 0.111. The second-order valence-electron chi connectivity index (χ2n) is 2.98. The van der Waals surface area contributed by atoms with E-state index in [9.17, 15) is 5.11 Å². The maximum Gasteiger partial charge on any atom is 0.195 e. The second-order valence-corrected chi connectivity index (χ2v) is 5.98. The zero-order chi connectivity index (χ0) is 11.0. The number of aliphatic hydroxyl groups excluding tert-OH is 1. The summed E-state index contributed by atoms with van der Waals surface area (Å²) in [6, 6.07) is 0. The fourth-order valence-corrected chi connectivity index (χ4v) is 3.82. The summed E-state index contributed by atoms with van der Waals surface area (Å²) in [4.78, 5) is 9.57. The number of aliphatic hydroxyl groups is 1. The number of imidazole rings is 1. The predicted octanol–water partition coefficient (Wildman–Crippen LogP) is 2.50. The lowest BCUT2D eigenvalue weighted by Gasteiger charge is -1.97. The Labute approximate surface area is 104 Å². The first-order chi connectivity index (χ1) is 7.88. The molecule has 0 spiro atoms. The van der Waals surface area contributed by atoms with E-state index in [2.05, 4.69) is 9.97 Å². The van der Waals surface area contributed by atoms with Gasteiger partial charge in [-0.05, 0) is 11.8 Å². The van der Waals surface area contributed by atoms with E-state index < -0.39 is 0 Å². The van der Waals surface area contributed by atoms with Crippen molar-refractivity contribution in [1.82, 2.24) is 14.4 Å². The van der Waals surface area contributed by atoms with Gasteiger partial charge in [0.05, 0.1) is 12.3 Å². The molecule has 16 heavy (non-hydrogen) atoms. The highest BCUT2D eigenvalue weighted by Crippen LogP contribution is 2.32. The van der Waals surface area contributed by atoms with Crippen molar-refractivity contribution in [3.63, 3.8) is 0 Å². The molecule has 0 atom stereocenters. The monoisotopic (exact) mass is 269 g/mol. The summed E-state index contributed by atoms with van der Waals surface area (Å²) in [5.74, 6) is 0. The minimum Gasteiger partial charge on any atom is -0.390 e. The number of aromatic nitrogens is 3. The Hall–Kier alpha value is -0.890. The molecule has 3 aromatic rings. The molecule has 0 saturated heterocycles. The van der Waals surface area contributed by atoms with Gasteiger partial charge in [-0.2, -0.15) is 0 Å². The molecule has 3 heterocycles. The standard InChI is InChI=1S/C9H7N3OS3/c13-5-6-7(16-9-10-1-3-15-9)11-8-12(6)2-4-14-8/h1-4,13H,5H2. The summed E-state index contributed by atoms with van der Waals surface area (Å²) in [5.41, 5.74) is 0.830. The summed E-state index contributed by atoms with van der Waals surface area (Å²) in [6.45, 7) is -0.00832. The maximum atomic E-state index is 9.37. The van der Waals surface area contributed by atoms with E-state index in [1.807, 2.05) is 21.4 Å². The molecule has 3 rings (SSSR count). The molecule has 1 N–H and O–H groups in total. The first kappa shape index (κ1) is 10.3. The quantitative estimate of drug-likeness (QED) is 0.793. The maximum absolute atomic E-state index is 9.37. The van der Waals surface area contributed by atoms with Crippen molar-refractivity contribution in [1.29, 1.82) is 0 Å². The zero-order valence-corrected chi connectivity index (χ0v) is 10.5. The van der Waals surface area contributed by atoms with Crippen molar-refractivity contribution in [2.75, 3.05) is 0 Å². The van der Waals surface area contributed by atoms with E-state index in [1.54, 1.807) is 28.9 Å². The van der Waals surface area contributed by atoms with Crippen LogP contribution >= 0.6 is 34.4 Å². The molecule has 0 unspecified atom stereocenters. The van der Waals surface area contributed by atoms with Crippen LogP contribution in [0.2, 0.25) is 0 Å². The van der Waals surface area contributed by atoms with E-state index >= 15 is 0 Å². The van der Waals surface area contributed by atoms with Crippen LogP contribution in [0, 0.1) is 0 Å². The van der Waals surface area contributed by atoms with Gasteiger partial charge < -0.3 is 5.11 Å². The molecular formula is C9H7N3OS3. The van der Waals surface area contributed by atoms with Crippen molar-refractivity contribution in [3.8, 4) is 0 Å². The van der Waals surface area contributed by atoms with Gasteiger partial charge in [-0.15, -0.1) is 22.7 Å². The lowest BCUT2D eigenvalue weighted by Crippen LogP contribution is -1.90. The number of hydrogen-bond acceptors (Lipinski definition) is 6. The normalized spacial score (nSPS) is 11.3. The molecule has 4 nitrogen and oxygen atoms in total. The largest absolute Gasteiger partial charge is 0.390 e. The van der Waals surface area contributed by atoms with Crippen LogP contribution in [0.3, 0.4) is 0 Å². The molecule has 0 bridgehead atoms. The van der Waals surface area contributed by atoms with Gasteiger partial charge in [0.1, 0.15) is 5.03 Å². The van der Waals surface area contributed by atoms with Gasteiger partial charge in [0.25, 0.3) is 0 Å². The van der Waals surface area contributed by atoms with Gasteiger partial charge in [0, 0.05) is 23.2 Å². The van der Waals surface area contributed by atoms with Crippen LogP contribution in [0.1, 0.15) is 5.69 Å². The smallest absolute Gasteiger partial charge is 0.195 e. The van der Waals surface area contributed by atoms with Crippen molar-refractivity contribution in [2.24, 2.45) is 0 Å². The molecule has 0 fully saturated rings. The van der Waals surface area contributed by atoms with Crippen LogP contribution in [-0.4, -0.2) is 19.5 Å². The third kappa shape index (κ3) is 1.65. The highest BCUT2D eigenvalue weighted by molar-refractivity contribution is 8.01. The van der Waals surface area contributed by atoms with E-state index in [1.165, 1.54) is 11.8 Å². The van der Waals surface area contributed by atoms with Crippen LogP contribution < -0.4 is 0 Å². The van der Waals surface area contributed by atoms with Gasteiger partial charge in [0.2, 0.25) is 0 Å². The third-order valence-corrected chi connectivity index (χ3v) is 4.73. The van der Waals surface area contributed by atoms with E-state index in [0.29, 0.717) is 0 Å². The number of nitrogens with zero attached hydrogens (tertiary/aromatic N) is 3. The summed E-state index contributed by atoms with van der Waals surface area (Å²) in [7, 11) is 0. The molecule has 3 aromatic heterocycles. The van der Waals surface area contributed by atoms with Gasteiger partial charge in [-0.3, -0.25) is 4.40 Å². The average Bonchev–Trinajstić information content (AvgIpc) is 2.93. The number of fused-ring (bicyclic) bond motifs is 1. The van der Waals surface area contributed by atoms with Gasteiger partial charge in [-0.25, -0.2) is 9.97 Å². The number of rotatable bonds is 3. The molecule has 0 aliphatic rings. The van der Waals surface area contributed by atoms with Crippen LogP contribution in [0.25, 0.3) is 4.96 Å². The third-order valence-electron chi connectivity index (χ3n) is 2.07. The summed E-state index contributed by atoms with van der Waals surface area (Å²) in [6.07, 6.45) is 3.69. The number of hydrogen-bond donors (Lipinski definition) is 1. The van der Waals surface area contributed by atoms with Gasteiger partial charge in [-0.1, -0.05) is 0 Å². The summed E-state index contributed by atoms with van der Waals surface area (Å²) < 4.78 is 2.86. The van der Waals surface area contributed by atoms with E-state index in [-0.39, 0.29) is 6.61 Å². The van der Waals surface area contributed by atoms with E-state index in [0.717, 1.165) is 20.0 Å². The van der Waals surface area contributed by atoms with Crippen LogP contribution in [0.5, 0.6) is 0 Å². The van der Waals surface area contributed by atoms with Gasteiger partial charge in [0.15, 0.2) is 9.30 Å². The SMILES string of the molecule is OCc1c(Sc2nccs2)nc2sccn12. The van der Waals surface area contributed by atoms with Crippen LogP contribution in [0.15, 0.2) is 32.5 Å². The van der Waals surface area contributed by atoms with Crippen LogP contribution in [-0.2, 0) is 6.61 Å². The summed E-state index contributed by atoms with van der Waals surface area (Å²) >= 11 is 4.63. The minimum atomic E-state index is -0.00832. The fourth-order valence-electron chi connectivity index (χ4n) is 1.38. The molecular weight excluding hydrogens is 262 g/mol. The van der Waals surface area contributed by atoms with Crippen molar-refractivity contribution < 1.29 is 5.11 Å². The Bertz CT molecular complexity index is 599. The lowest BCUT2D eigenvalue weighted by atomic mass is 10.5. The Morgan fingerprint density at radius 3 is 3.06 bits per heavy atom. The lowest BCUT2D eigenvalue weighted by molar-refractivity contribution is 0.272. The van der Waals surface area contributed by atoms with Gasteiger partial charge >= 0.3 is 0 Å². The molecule has 0 radical (unpaired) electrons. The Morgan fingerprint density at radius 2 is 2.31 bits per heavy atom. The molecule has 0 amide bonds. The second kappa shape index (κ2) is 4.17. The molecule has 0 aliphatic heterocycles. The van der Waals surface area contributed by atoms with E-state index in [4.69, 9.17) is 0 Å². The topological polar surface area (TPSA) is 50.4 Å². The van der Waals surface area contributed by atoms with Crippen molar-refractivity contribution in [3.05, 3.63) is 28.8 Å². The van der Waals surface area contributed by atoms with Crippen molar-refractivity contribution in [2.45, 2.75) is 16.0 Å². The van der Waals surface area contributed by atoms with Crippen LogP contribution in [0.4, 0.5) is 0 Å². The Balaban J connectivity index is 2.05. The highest BCUT2D eigenvalue weighted by Gasteiger charge is 2.14. The first-order valence-electron chi connectivity index (χ1n) is 4.51. The Kier molecular flexibility index (Phi) is 2.68. The first-order valence-corrected chi connectivity index (χ1v) is 7.08. The molecule has 0 aliphatic carbocycles. The number of thiazole rings is 2. The molecule has 0 aromatic carbocycles. The average molecular weight is 269 g/mol. The molecule has 82 valence electrons. The van der Waals surface area contributed by atoms with Crippen molar-refractivity contribution >= 4 is 39.4 Å². The molecule has 7 heteroatoms. The zero-order valence-electron chi connectivity index (χ0n) is 8.03. The Morgan fingerprint density at radius 1 is 1.38 bits per heavy atom.